The highest BCUT2D eigenvalue weighted by Crippen LogP contribution is 2.22. The van der Waals surface area contributed by atoms with E-state index >= 15 is 0 Å². The zero-order valence-electron chi connectivity index (χ0n) is 19.4. The molecule has 0 fully saturated rings. The normalized spacial score (nSPS) is 11.3. The van der Waals surface area contributed by atoms with Gasteiger partial charge in [-0.3, -0.25) is 14.9 Å². The Hall–Kier alpha value is -3.33. The van der Waals surface area contributed by atoms with E-state index in [2.05, 4.69) is 5.10 Å². The molecule has 1 aromatic heterocycles. The van der Waals surface area contributed by atoms with E-state index in [1.165, 1.54) is 12.1 Å². The number of hydrogen-bond donors (Lipinski definition) is 0. The van der Waals surface area contributed by atoms with E-state index in [4.69, 9.17) is 0 Å². The Morgan fingerprint density at radius 3 is 2.24 bits per heavy atom. The third-order valence-electron chi connectivity index (χ3n) is 5.10. The van der Waals surface area contributed by atoms with Crippen LogP contribution in [-0.2, 0) is 11.3 Å². The summed E-state index contributed by atoms with van der Waals surface area (Å²) in [6.45, 7) is 5.83. The van der Waals surface area contributed by atoms with Crippen LogP contribution in [-0.4, -0.2) is 35.7 Å². The standard InChI is InChI=1S/C24H28N5O3.BrH/c1-24(2,3)22(30)17-27-14-15-28(23(27)19-8-12-21(13-9-19)29(31)32)25-16-18-6-10-20(11-7-18)26(4)5;/h6-16H,17H2,1-5H3;1H/q+1;/p-1. The fourth-order valence-corrected chi connectivity index (χ4v) is 3.05. The number of nitrogens with zero attached hydrogens (tertiary/aromatic N) is 5. The Kier molecular flexibility index (Phi) is 8.27. The monoisotopic (exact) mass is 513 g/mol. The number of imidazole rings is 1. The summed E-state index contributed by atoms with van der Waals surface area (Å²) in [6, 6.07) is 14.2. The third-order valence-corrected chi connectivity index (χ3v) is 5.10. The van der Waals surface area contributed by atoms with Crippen LogP contribution in [0, 0.1) is 15.5 Å². The van der Waals surface area contributed by atoms with E-state index in [9.17, 15) is 14.9 Å². The van der Waals surface area contributed by atoms with Crippen LogP contribution in [0.4, 0.5) is 11.4 Å². The van der Waals surface area contributed by atoms with Gasteiger partial charge >= 0.3 is 5.82 Å². The number of halogens is 1. The second-order valence-electron chi connectivity index (χ2n) is 8.80. The molecule has 0 saturated heterocycles. The van der Waals surface area contributed by atoms with Crippen LogP contribution in [0.2, 0.25) is 0 Å². The lowest BCUT2D eigenvalue weighted by Crippen LogP contribution is -3.00. The van der Waals surface area contributed by atoms with Gasteiger partial charge in [0.15, 0.2) is 12.0 Å². The molecule has 0 unspecified atom stereocenters. The van der Waals surface area contributed by atoms with Crippen LogP contribution in [0.3, 0.4) is 0 Å². The second kappa shape index (κ2) is 10.5. The quantitative estimate of drug-likeness (QED) is 0.203. The van der Waals surface area contributed by atoms with Crippen molar-refractivity contribution in [1.29, 1.82) is 0 Å². The number of rotatable bonds is 7. The molecule has 33 heavy (non-hydrogen) atoms. The van der Waals surface area contributed by atoms with Gasteiger partial charge in [0.05, 0.1) is 16.7 Å². The molecular weight excluding hydrogens is 486 g/mol. The van der Waals surface area contributed by atoms with Crippen LogP contribution in [0.25, 0.3) is 11.4 Å². The molecule has 0 N–H and O–H groups in total. The minimum absolute atomic E-state index is 0. The summed E-state index contributed by atoms with van der Waals surface area (Å²) in [5.74, 6) is 0.741. The summed E-state index contributed by atoms with van der Waals surface area (Å²) < 4.78 is 3.50. The predicted molar refractivity (Wildman–Crippen MR) is 125 cm³/mol. The van der Waals surface area contributed by atoms with Crippen LogP contribution in [0.1, 0.15) is 26.3 Å². The molecule has 174 valence electrons. The molecule has 2 aromatic carbocycles. The van der Waals surface area contributed by atoms with Crippen LogP contribution >= 0.6 is 0 Å². The van der Waals surface area contributed by atoms with E-state index in [1.54, 1.807) is 35.4 Å². The van der Waals surface area contributed by atoms with Gasteiger partial charge in [-0.1, -0.05) is 38.0 Å². The molecule has 3 rings (SSSR count). The Labute approximate surface area is 204 Å². The van der Waals surface area contributed by atoms with E-state index in [1.807, 2.05) is 68.6 Å². The van der Waals surface area contributed by atoms with Gasteiger partial charge in [0.2, 0.25) is 0 Å². The molecule has 0 saturated carbocycles. The number of Topliss-reactive ketones (excluding diaryl/α,β-unsaturated/α-hetero) is 1. The van der Waals surface area contributed by atoms with Crippen LogP contribution in [0.5, 0.6) is 0 Å². The first-order valence-electron chi connectivity index (χ1n) is 10.3. The number of non-ortho nitro benzene ring substituents is 1. The van der Waals surface area contributed by atoms with Gasteiger partial charge in [0.1, 0.15) is 12.7 Å². The highest BCUT2D eigenvalue weighted by Gasteiger charge is 2.28. The van der Waals surface area contributed by atoms with Crippen molar-refractivity contribution in [2.75, 3.05) is 19.0 Å². The van der Waals surface area contributed by atoms with Crippen molar-refractivity contribution in [2.24, 2.45) is 10.5 Å². The summed E-state index contributed by atoms with van der Waals surface area (Å²) in [7, 11) is 3.97. The van der Waals surface area contributed by atoms with E-state index in [0.717, 1.165) is 16.8 Å². The number of benzene rings is 2. The smallest absolute Gasteiger partial charge is 0.314 e. The minimum atomic E-state index is -0.487. The highest BCUT2D eigenvalue weighted by atomic mass is 79.9. The molecule has 9 heteroatoms. The molecule has 0 spiro atoms. The van der Waals surface area contributed by atoms with Gasteiger partial charge in [0.25, 0.3) is 5.69 Å². The van der Waals surface area contributed by atoms with Crippen molar-refractivity contribution >= 4 is 23.4 Å². The fraction of sp³-hybridized carbons (Fsp3) is 0.292. The minimum Gasteiger partial charge on any atom is -1.00 e. The average molecular weight is 514 g/mol. The molecule has 1 heterocycles. The summed E-state index contributed by atoms with van der Waals surface area (Å²) in [6.07, 6.45) is 5.31. The summed E-state index contributed by atoms with van der Waals surface area (Å²) in [5, 5.41) is 15.6. The molecule has 0 aliphatic carbocycles. The molecule has 8 nitrogen and oxygen atoms in total. The van der Waals surface area contributed by atoms with Gasteiger partial charge in [-0.05, 0) is 29.8 Å². The zero-order valence-corrected chi connectivity index (χ0v) is 21.0. The molecule has 0 amide bonds. The first-order valence-corrected chi connectivity index (χ1v) is 10.3. The molecule has 3 aromatic rings. The maximum atomic E-state index is 12.7. The second-order valence-corrected chi connectivity index (χ2v) is 8.80. The number of ketones is 1. The average Bonchev–Trinajstić information content (AvgIpc) is 3.14. The van der Waals surface area contributed by atoms with Gasteiger partial charge in [-0.2, -0.15) is 0 Å². The van der Waals surface area contributed by atoms with Crippen molar-refractivity contribution in [3.63, 3.8) is 0 Å². The number of carbonyl (C=O) groups is 1. The number of carbonyl (C=O) groups excluding carboxylic acids is 1. The Bertz CT molecular complexity index is 1140. The van der Waals surface area contributed by atoms with Crippen molar-refractivity contribution in [3.05, 3.63) is 76.6 Å². The largest absolute Gasteiger partial charge is 1.00 e. The van der Waals surface area contributed by atoms with E-state index in [0.29, 0.717) is 5.82 Å². The summed E-state index contributed by atoms with van der Waals surface area (Å²) in [5.41, 5.74) is 2.26. The van der Waals surface area contributed by atoms with Crippen molar-refractivity contribution in [2.45, 2.75) is 27.3 Å². The first-order chi connectivity index (χ1) is 15.1. The third kappa shape index (κ3) is 6.35. The summed E-state index contributed by atoms with van der Waals surface area (Å²) in [4.78, 5) is 25.3. The van der Waals surface area contributed by atoms with Gasteiger partial charge in [-0.25, -0.2) is 4.57 Å². The Balaban J connectivity index is 0.00000385. The van der Waals surface area contributed by atoms with Gasteiger partial charge in [0, 0.05) is 37.3 Å². The number of nitro groups is 1. The molecule has 0 atom stereocenters. The topological polar surface area (TPSA) is 84.6 Å². The fourth-order valence-electron chi connectivity index (χ4n) is 3.05. The van der Waals surface area contributed by atoms with Crippen molar-refractivity contribution in [1.82, 2.24) is 4.68 Å². The van der Waals surface area contributed by atoms with Gasteiger partial charge < -0.3 is 21.9 Å². The van der Waals surface area contributed by atoms with E-state index in [-0.39, 0.29) is 35.0 Å². The number of nitro benzene ring substituents is 1. The molecule has 0 radical (unpaired) electrons. The molecular formula is C24H28BrN5O3. The number of aromatic nitrogens is 2. The number of hydrogen-bond acceptors (Lipinski definition) is 5. The molecule has 0 aliphatic heterocycles. The number of anilines is 1. The maximum absolute atomic E-state index is 12.7. The Morgan fingerprint density at radius 1 is 1.12 bits per heavy atom. The van der Waals surface area contributed by atoms with Crippen molar-refractivity contribution < 1.29 is 31.3 Å². The summed E-state index contributed by atoms with van der Waals surface area (Å²) >= 11 is 0. The zero-order chi connectivity index (χ0) is 23.5. The lowest BCUT2D eigenvalue weighted by molar-refractivity contribution is -0.673. The van der Waals surface area contributed by atoms with Gasteiger partial charge in [-0.15, -0.1) is 4.68 Å². The first kappa shape index (κ1) is 25.9. The van der Waals surface area contributed by atoms with Crippen LogP contribution < -0.4 is 26.4 Å². The molecule has 0 aliphatic rings. The SMILES string of the molecule is CN(C)c1ccc(C=Nn2cc[n+](CC(=O)C(C)(C)C)c2-c2ccc([N+](=O)[O-])cc2)cc1.[Br-]. The maximum Gasteiger partial charge on any atom is 0.314 e. The predicted octanol–water partition coefficient (Wildman–Crippen LogP) is 0.918. The lowest BCUT2D eigenvalue weighted by Gasteiger charge is -2.15. The van der Waals surface area contributed by atoms with Crippen molar-refractivity contribution in [3.8, 4) is 11.4 Å². The lowest BCUT2D eigenvalue weighted by atomic mass is 9.91. The molecule has 0 bridgehead atoms. The van der Waals surface area contributed by atoms with Crippen LogP contribution in [0.15, 0.2) is 66.0 Å². The van der Waals surface area contributed by atoms with E-state index < -0.39 is 10.3 Å². The Morgan fingerprint density at radius 2 is 1.73 bits per heavy atom. The highest BCUT2D eigenvalue weighted by molar-refractivity contribution is 5.82.